The van der Waals surface area contributed by atoms with Gasteiger partial charge in [0.15, 0.2) is 11.0 Å². The van der Waals surface area contributed by atoms with Gasteiger partial charge in [0.1, 0.15) is 11.5 Å². The third kappa shape index (κ3) is 3.25. The Kier molecular flexibility index (Phi) is 4.36. The van der Waals surface area contributed by atoms with Crippen LogP contribution in [0.5, 0.6) is 5.75 Å². The fourth-order valence-corrected chi connectivity index (χ4v) is 3.59. The molecule has 1 heterocycles. The van der Waals surface area contributed by atoms with Crippen molar-refractivity contribution in [2.45, 2.75) is 12.8 Å². The highest BCUT2D eigenvalue weighted by atomic mass is 79.9. The first-order chi connectivity index (χ1) is 10.5. The molecule has 3 rings (SSSR count). The first-order valence-corrected chi connectivity index (χ1v) is 8.31. The Hall–Kier alpha value is -1.59. The van der Waals surface area contributed by atoms with E-state index in [1.165, 1.54) is 0 Å². The number of phenols is 1. The van der Waals surface area contributed by atoms with Crippen LogP contribution in [0.15, 0.2) is 60.6 Å². The molecular weight excluding hydrogens is 412 g/mol. The van der Waals surface area contributed by atoms with Crippen molar-refractivity contribution in [1.29, 1.82) is 0 Å². The van der Waals surface area contributed by atoms with Gasteiger partial charge < -0.3 is 9.52 Å². The molecule has 0 atom stereocenters. The van der Waals surface area contributed by atoms with Crippen LogP contribution >= 0.6 is 31.9 Å². The summed E-state index contributed by atoms with van der Waals surface area (Å²) in [6.07, 6.45) is 1.36. The Balaban J connectivity index is 1.91. The van der Waals surface area contributed by atoms with Gasteiger partial charge in [0.2, 0.25) is 0 Å². The fraction of sp³-hybridized carbons (Fsp3) is 0.118. The van der Waals surface area contributed by atoms with Gasteiger partial charge in [-0.2, -0.15) is 0 Å². The second-order valence-corrected chi connectivity index (χ2v) is 6.78. The minimum absolute atomic E-state index is 0.0519. The van der Waals surface area contributed by atoms with Gasteiger partial charge in [-0.25, -0.2) is 0 Å². The molecule has 0 bridgehead atoms. The number of halogens is 2. The summed E-state index contributed by atoms with van der Waals surface area (Å²) in [5.41, 5.74) is 1.59. The Bertz CT molecular complexity index is 883. The van der Waals surface area contributed by atoms with Crippen molar-refractivity contribution in [3.8, 4) is 5.75 Å². The van der Waals surface area contributed by atoms with Crippen molar-refractivity contribution in [3.63, 3.8) is 0 Å². The van der Waals surface area contributed by atoms with E-state index in [4.69, 9.17) is 4.42 Å². The zero-order valence-electron chi connectivity index (χ0n) is 11.5. The molecule has 0 radical (unpaired) electrons. The molecule has 0 aliphatic rings. The van der Waals surface area contributed by atoms with E-state index in [0.29, 0.717) is 23.2 Å². The molecule has 0 aliphatic carbocycles. The van der Waals surface area contributed by atoms with E-state index in [1.807, 2.05) is 18.2 Å². The van der Waals surface area contributed by atoms with Crippen molar-refractivity contribution in [2.24, 2.45) is 0 Å². The average molecular weight is 424 g/mol. The van der Waals surface area contributed by atoms with Gasteiger partial charge in [-0.05, 0) is 52.2 Å². The SMILES string of the molecule is O=c1cc(CCc2ccc(O)cc2)oc2c(Br)cc(Br)cc12. The monoisotopic (exact) mass is 422 g/mol. The summed E-state index contributed by atoms with van der Waals surface area (Å²) in [6, 6.07) is 12.2. The van der Waals surface area contributed by atoms with Gasteiger partial charge in [-0.15, -0.1) is 0 Å². The molecule has 112 valence electrons. The van der Waals surface area contributed by atoms with Crippen LogP contribution < -0.4 is 5.43 Å². The van der Waals surface area contributed by atoms with Crippen LogP contribution in [-0.2, 0) is 12.8 Å². The largest absolute Gasteiger partial charge is 0.508 e. The van der Waals surface area contributed by atoms with Crippen LogP contribution in [0.2, 0.25) is 0 Å². The molecule has 0 unspecified atom stereocenters. The molecule has 0 aliphatic heterocycles. The highest BCUT2D eigenvalue weighted by Gasteiger charge is 2.09. The first-order valence-electron chi connectivity index (χ1n) is 6.72. The highest BCUT2D eigenvalue weighted by molar-refractivity contribution is 9.11. The predicted octanol–water partition coefficient (Wildman–Crippen LogP) is 4.81. The van der Waals surface area contributed by atoms with Crippen molar-refractivity contribution in [2.75, 3.05) is 0 Å². The van der Waals surface area contributed by atoms with Gasteiger partial charge >= 0.3 is 0 Å². The maximum Gasteiger partial charge on any atom is 0.193 e. The minimum atomic E-state index is -0.0519. The fourth-order valence-electron chi connectivity index (χ4n) is 2.28. The highest BCUT2D eigenvalue weighted by Crippen LogP contribution is 2.27. The van der Waals surface area contributed by atoms with Crippen LogP contribution in [-0.4, -0.2) is 5.11 Å². The lowest BCUT2D eigenvalue weighted by Gasteiger charge is -2.06. The lowest BCUT2D eigenvalue weighted by atomic mass is 10.1. The summed E-state index contributed by atoms with van der Waals surface area (Å²) >= 11 is 6.80. The number of aromatic hydroxyl groups is 1. The Labute approximate surface area is 143 Å². The van der Waals surface area contributed by atoms with E-state index >= 15 is 0 Å². The molecule has 0 spiro atoms. The number of hydrogen-bond donors (Lipinski definition) is 1. The van der Waals surface area contributed by atoms with Gasteiger partial charge in [0, 0.05) is 17.0 Å². The molecule has 1 N–H and O–H groups in total. The van der Waals surface area contributed by atoms with E-state index in [2.05, 4.69) is 31.9 Å². The molecule has 2 aromatic carbocycles. The molecule has 0 amide bonds. The van der Waals surface area contributed by atoms with Crippen LogP contribution in [0.3, 0.4) is 0 Å². The number of fused-ring (bicyclic) bond motifs is 1. The third-order valence-corrected chi connectivity index (χ3v) is 4.44. The van der Waals surface area contributed by atoms with Crippen molar-refractivity contribution < 1.29 is 9.52 Å². The molecule has 0 saturated carbocycles. The van der Waals surface area contributed by atoms with Crippen molar-refractivity contribution >= 4 is 42.8 Å². The van der Waals surface area contributed by atoms with Crippen molar-refractivity contribution in [1.82, 2.24) is 0 Å². The number of phenolic OH excluding ortho intramolecular Hbond substituents is 1. The smallest absolute Gasteiger partial charge is 0.193 e. The van der Waals surface area contributed by atoms with Crippen LogP contribution in [0.25, 0.3) is 11.0 Å². The van der Waals surface area contributed by atoms with Gasteiger partial charge in [-0.1, -0.05) is 28.1 Å². The molecule has 5 heteroatoms. The van der Waals surface area contributed by atoms with E-state index in [-0.39, 0.29) is 11.2 Å². The van der Waals surface area contributed by atoms with E-state index in [1.54, 1.807) is 24.3 Å². The Morgan fingerprint density at radius 3 is 2.45 bits per heavy atom. The van der Waals surface area contributed by atoms with E-state index < -0.39 is 0 Å². The quantitative estimate of drug-likeness (QED) is 0.657. The summed E-state index contributed by atoms with van der Waals surface area (Å²) in [7, 11) is 0. The summed E-state index contributed by atoms with van der Waals surface area (Å²) in [5.74, 6) is 0.893. The van der Waals surface area contributed by atoms with Crippen LogP contribution in [0, 0.1) is 0 Å². The normalized spacial score (nSPS) is 11.0. The predicted molar refractivity (Wildman–Crippen MR) is 93.4 cm³/mol. The first kappa shape index (κ1) is 15.3. The molecule has 0 saturated heterocycles. The van der Waals surface area contributed by atoms with Crippen LogP contribution in [0.4, 0.5) is 0 Å². The lowest BCUT2D eigenvalue weighted by Crippen LogP contribution is -2.03. The van der Waals surface area contributed by atoms with E-state index in [0.717, 1.165) is 20.9 Å². The zero-order valence-corrected chi connectivity index (χ0v) is 14.6. The van der Waals surface area contributed by atoms with Gasteiger partial charge in [-0.3, -0.25) is 4.79 Å². The number of rotatable bonds is 3. The van der Waals surface area contributed by atoms with E-state index in [9.17, 15) is 9.90 Å². The minimum Gasteiger partial charge on any atom is -0.508 e. The standard InChI is InChI=1S/C17H12Br2O3/c18-11-7-14-16(21)9-13(22-17(14)15(19)8-11)6-3-10-1-4-12(20)5-2-10/h1-2,4-5,7-9,20H,3,6H2. The molecular formula is C17H12Br2O3. The molecule has 3 nitrogen and oxygen atoms in total. The number of aryl methyl sites for hydroxylation is 2. The molecule has 3 aromatic rings. The summed E-state index contributed by atoms with van der Waals surface area (Å²) < 4.78 is 7.44. The van der Waals surface area contributed by atoms with Gasteiger partial charge in [0.25, 0.3) is 0 Å². The molecule has 0 fully saturated rings. The van der Waals surface area contributed by atoms with Crippen molar-refractivity contribution in [3.05, 3.63) is 73.0 Å². The summed E-state index contributed by atoms with van der Waals surface area (Å²) in [4.78, 5) is 12.2. The zero-order chi connectivity index (χ0) is 15.7. The maximum absolute atomic E-state index is 12.2. The lowest BCUT2D eigenvalue weighted by molar-refractivity contribution is 0.475. The second-order valence-electron chi connectivity index (χ2n) is 5.01. The topological polar surface area (TPSA) is 50.4 Å². The average Bonchev–Trinajstić information content (AvgIpc) is 2.48. The molecule has 22 heavy (non-hydrogen) atoms. The maximum atomic E-state index is 12.2. The Morgan fingerprint density at radius 2 is 1.73 bits per heavy atom. The number of benzene rings is 2. The summed E-state index contributed by atoms with van der Waals surface area (Å²) in [5, 5.41) is 9.83. The number of hydrogen-bond acceptors (Lipinski definition) is 3. The molecule has 1 aromatic heterocycles. The third-order valence-electron chi connectivity index (χ3n) is 3.40. The summed E-state index contributed by atoms with van der Waals surface area (Å²) in [6.45, 7) is 0. The second kappa shape index (κ2) is 6.26. The Morgan fingerprint density at radius 1 is 1.00 bits per heavy atom. The van der Waals surface area contributed by atoms with Crippen LogP contribution in [0.1, 0.15) is 11.3 Å². The van der Waals surface area contributed by atoms with Gasteiger partial charge in [0.05, 0.1) is 9.86 Å².